The summed E-state index contributed by atoms with van der Waals surface area (Å²) in [6, 6.07) is 26.6. The first-order valence-electron chi connectivity index (χ1n) is 41.3. The third-order valence-electron chi connectivity index (χ3n) is 20.5. The number of ketones is 2. The van der Waals surface area contributed by atoms with Crippen molar-refractivity contribution in [2.45, 2.75) is 168 Å². The van der Waals surface area contributed by atoms with Crippen molar-refractivity contribution in [2.24, 2.45) is 23.3 Å². The van der Waals surface area contributed by atoms with Crippen molar-refractivity contribution >= 4 is 106 Å². The maximum Gasteiger partial charge on any atom is 0.410 e. The molecule has 0 radical (unpaired) electrons. The van der Waals surface area contributed by atoms with E-state index in [1.807, 2.05) is 97.1 Å². The van der Waals surface area contributed by atoms with Crippen LogP contribution in [-0.2, 0) is 76.5 Å². The predicted molar refractivity (Wildman–Crippen MR) is 461 cm³/mol. The van der Waals surface area contributed by atoms with Gasteiger partial charge >= 0.3 is 24.1 Å². The molecule has 36 heteroatoms. The number of phenols is 2. The predicted octanol–water partition coefficient (Wildman–Crippen LogP) is 4.91. The van der Waals surface area contributed by atoms with Crippen LogP contribution < -0.4 is 64.6 Å². The summed E-state index contributed by atoms with van der Waals surface area (Å²) in [5.41, 5.74) is 14.0. The smallest absolute Gasteiger partial charge is 0.410 e. The van der Waals surface area contributed by atoms with Crippen LogP contribution in [0.3, 0.4) is 0 Å². The number of anilines is 2. The topological polar surface area (TPSA) is 529 Å². The molecule has 36 nitrogen and oxygen atoms in total. The van der Waals surface area contributed by atoms with Gasteiger partial charge in [-0.2, -0.15) is 0 Å². The zero-order valence-corrected chi connectivity index (χ0v) is 72.3. The fourth-order valence-corrected chi connectivity index (χ4v) is 14.8. The Labute approximate surface area is 728 Å². The van der Waals surface area contributed by atoms with Crippen molar-refractivity contribution in [3.8, 4) is 33.8 Å². The standard InChI is InChI=1S/C90H110N14O22/c1-47(2)37-63(81(91)115)101-83(117)49(5)97-85(119)65(39-73(111)125-89(7,8)9)99-69(107)41-95-71(109)43-103(87(121)123-45-59-55-25-17-13-21-51(55)52-22-14-18-26-56(52)59)35-33-93-61-29-30-62(76-75(61)79(113)77-67(105)31-32-68(106)78(77)80(76)114)94-34-36-104(88(122)124-46-60-57-27-19-15-23-53(57)54-24-16-20-28-58(54)60)44-72(110)96-42-70(108)100-66(40-74(112)126-90(10,11)12)86(120)98-50(6)84(118)102-64(82(92)116)38-48(3)4/h13-32,47-50,59-60,63-66,93-94,105-106H,33-46H2,1-12H3,(H2,91,115)(H2,92,116)(H,95,109)(H,96,110)(H,97,119)(H,98,120)(H,99,107)(H,100,108)(H,101,117)(H,102,118)/t49-,50-,63-,64-,65-,66-/m0/s1. The van der Waals surface area contributed by atoms with Crippen LogP contribution in [0.5, 0.6) is 11.5 Å². The van der Waals surface area contributed by atoms with E-state index in [-0.39, 0.29) is 73.5 Å². The van der Waals surface area contributed by atoms with E-state index in [0.29, 0.717) is 0 Å². The second kappa shape index (κ2) is 42.4. The largest absolute Gasteiger partial charge is 0.507 e. The van der Waals surface area contributed by atoms with Crippen molar-refractivity contribution in [1.29, 1.82) is 0 Å². The maximum absolute atomic E-state index is 15.1. The highest BCUT2D eigenvalue weighted by Crippen LogP contribution is 2.47. The molecular weight excluding hydrogens is 1630 g/mol. The molecule has 0 fully saturated rings. The molecular formula is C90H110N14O22. The number of hydrogen-bond donors (Lipinski definition) is 14. The maximum atomic E-state index is 15.1. The van der Waals surface area contributed by atoms with Crippen LogP contribution in [0.15, 0.2) is 121 Å². The summed E-state index contributed by atoms with van der Waals surface area (Å²) in [6.07, 6.45) is -3.20. The third-order valence-corrected chi connectivity index (χ3v) is 20.5. The summed E-state index contributed by atoms with van der Waals surface area (Å²) in [4.78, 5) is 222. The van der Waals surface area contributed by atoms with Gasteiger partial charge in [0.25, 0.3) is 0 Å². The number of benzene rings is 6. The van der Waals surface area contributed by atoms with Gasteiger partial charge in [-0.25, -0.2) is 9.59 Å². The zero-order chi connectivity index (χ0) is 92.3. The average Bonchev–Trinajstić information content (AvgIpc) is 1.05. The molecule has 672 valence electrons. The Balaban J connectivity index is 0.946. The van der Waals surface area contributed by atoms with E-state index >= 15 is 9.59 Å². The van der Waals surface area contributed by atoms with E-state index in [1.54, 1.807) is 69.2 Å². The van der Waals surface area contributed by atoms with Crippen LogP contribution in [-0.4, -0.2) is 228 Å². The minimum atomic E-state index is -1.70. The minimum absolute atomic E-state index is 0.0603. The molecule has 0 aliphatic heterocycles. The first-order chi connectivity index (χ1) is 59.5. The Bertz CT molecular complexity index is 4770. The SMILES string of the molecule is CC(C)C[C@H](NC(=O)[C@H](C)NC(=O)[C@H](CC(=O)OC(C)(C)C)NC(=O)CNC(=O)CN(CCNc1ccc(NCCN(CC(=O)NCC(=O)N[C@@H](CC(=O)OC(C)(C)C)C(=O)N[C@@H](C)C(=O)N[C@@H](CC(C)C)C(N)=O)C(=O)OCC2c3ccccc3-c3ccccc32)c2c1C(=O)c1c(O)ccc(O)c1C2=O)C(=O)OCC1c2ccccc2-c2ccccc21)C(N)=O. The van der Waals surface area contributed by atoms with E-state index in [2.05, 4.69) is 53.2 Å². The molecule has 3 aliphatic carbocycles. The van der Waals surface area contributed by atoms with E-state index in [0.717, 1.165) is 66.4 Å². The fraction of sp³-hybridized carbons (Fsp3) is 0.422. The average molecular weight is 1740 g/mol. The van der Waals surface area contributed by atoms with Crippen molar-refractivity contribution < 1.29 is 106 Å². The van der Waals surface area contributed by atoms with Crippen LogP contribution >= 0.6 is 0 Å². The van der Waals surface area contributed by atoms with Gasteiger partial charge in [-0.3, -0.25) is 76.9 Å². The van der Waals surface area contributed by atoms with Crippen molar-refractivity contribution in [3.05, 3.63) is 166 Å². The zero-order valence-electron chi connectivity index (χ0n) is 72.3. The first-order valence-corrected chi connectivity index (χ1v) is 41.3. The van der Waals surface area contributed by atoms with Crippen LogP contribution in [0.2, 0.25) is 0 Å². The van der Waals surface area contributed by atoms with E-state index < -0.39 is 229 Å². The van der Waals surface area contributed by atoms with E-state index in [9.17, 15) is 77.3 Å². The Hall–Kier alpha value is -14.0. The van der Waals surface area contributed by atoms with Gasteiger partial charge in [-0.1, -0.05) is 125 Å². The number of phenolic OH excluding ortho intramolecular Hbond substituents is 2. The molecule has 0 aromatic heterocycles. The molecule has 0 heterocycles. The van der Waals surface area contributed by atoms with Crippen molar-refractivity contribution in [3.63, 3.8) is 0 Å². The normalized spacial score (nSPS) is 13.9. The summed E-state index contributed by atoms with van der Waals surface area (Å²) in [5, 5.41) is 48.1. The van der Waals surface area contributed by atoms with E-state index in [4.69, 9.17) is 30.4 Å². The van der Waals surface area contributed by atoms with E-state index in [1.165, 1.54) is 26.0 Å². The monoisotopic (exact) mass is 1740 g/mol. The molecule has 6 atom stereocenters. The van der Waals surface area contributed by atoms with Gasteiger partial charge in [0.2, 0.25) is 70.6 Å². The number of hydrogen-bond acceptors (Lipinski definition) is 24. The summed E-state index contributed by atoms with van der Waals surface area (Å²) in [7, 11) is 0. The van der Waals surface area contributed by atoms with Gasteiger partial charge in [0.1, 0.15) is 85.3 Å². The molecule has 0 unspecified atom stereocenters. The van der Waals surface area contributed by atoms with Crippen LogP contribution in [0, 0.1) is 11.8 Å². The molecule has 126 heavy (non-hydrogen) atoms. The molecule has 3 aliphatic rings. The van der Waals surface area contributed by atoms with Gasteiger partial charge in [-0.15, -0.1) is 0 Å². The lowest BCUT2D eigenvalue weighted by atomic mass is 9.81. The van der Waals surface area contributed by atoms with Gasteiger partial charge in [0.15, 0.2) is 0 Å². The highest BCUT2D eigenvalue weighted by molar-refractivity contribution is 6.33. The number of esters is 2. The Morgan fingerprint density at radius 3 is 1.02 bits per heavy atom. The second-order valence-corrected chi connectivity index (χ2v) is 33.7. The molecule has 0 spiro atoms. The molecule has 16 N–H and O–H groups in total. The quantitative estimate of drug-likeness (QED) is 0.0138. The number of rotatable bonds is 40. The molecule has 12 amide bonds. The second-order valence-electron chi connectivity index (χ2n) is 33.7. The minimum Gasteiger partial charge on any atom is -0.507 e. The number of ether oxygens (including phenoxy) is 4. The van der Waals surface area contributed by atoms with Crippen molar-refractivity contribution in [2.75, 3.05) is 76.2 Å². The Morgan fingerprint density at radius 1 is 0.405 bits per heavy atom. The molecule has 6 aromatic rings. The molecule has 9 rings (SSSR count). The first kappa shape index (κ1) is 95.9. The number of carbonyl (C=O) groups is 16. The number of nitrogens with one attached hydrogen (secondary N) is 10. The van der Waals surface area contributed by atoms with Gasteiger partial charge in [0.05, 0.1) is 48.2 Å². The lowest BCUT2D eigenvalue weighted by molar-refractivity contribution is -0.157. The number of amides is 12. The lowest BCUT2D eigenvalue weighted by Crippen LogP contribution is -2.56. The van der Waals surface area contributed by atoms with Crippen LogP contribution in [0.1, 0.15) is 175 Å². The Morgan fingerprint density at radius 2 is 0.722 bits per heavy atom. The summed E-state index contributed by atoms with van der Waals surface area (Å²) >= 11 is 0. The summed E-state index contributed by atoms with van der Waals surface area (Å²) in [5.74, 6) is -15.5. The number of nitrogens with zero attached hydrogens (tertiary/aromatic N) is 2. The van der Waals surface area contributed by atoms with Gasteiger partial charge in [-0.05, 0) is 149 Å². The number of carbonyl (C=O) groups excluding carboxylic acids is 16. The summed E-state index contributed by atoms with van der Waals surface area (Å²) < 4.78 is 22.9. The van der Waals surface area contributed by atoms with Crippen LogP contribution in [0.25, 0.3) is 22.3 Å². The van der Waals surface area contributed by atoms with Crippen molar-refractivity contribution in [1.82, 2.24) is 52.3 Å². The molecule has 0 saturated carbocycles. The van der Waals surface area contributed by atoms with Gasteiger partial charge < -0.3 is 93.8 Å². The highest BCUT2D eigenvalue weighted by Gasteiger charge is 2.41. The number of fused-ring (bicyclic) bond motifs is 8. The lowest BCUT2D eigenvalue weighted by Gasteiger charge is -2.27. The van der Waals surface area contributed by atoms with Gasteiger partial charge in [0, 0.05) is 49.4 Å². The molecule has 6 aromatic carbocycles. The molecule has 0 bridgehead atoms. The number of primary amides is 2. The Kier molecular flexibility index (Phi) is 32.3. The number of aromatic hydroxyl groups is 2. The highest BCUT2D eigenvalue weighted by atomic mass is 16.6. The third kappa shape index (κ3) is 25.6. The molecule has 0 saturated heterocycles. The summed E-state index contributed by atoms with van der Waals surface area (Å²) in [6.45, 7) is 13.9. The fourth-order valence-electron chi connectivity index (χ4n) is 14.8. The number of nitrogens with two attached hydrogens (primary N) is 2. The van der Waals surface area contributed by atoms with Crippen LogP contribution in [0.4, 0.5) is 21.0 Å².